The van der Waals surface area contributed by atoms with Gasteiger partial charge in [-0.1, -0.05) is 19.9 Å². The van der Waals surface area contributed by atoms with Crippen LogP contribution in [0.15, 0.2) is 47.5 Å². The monoisotopic (exact) mass is 381 g/mol. The van der Waals surface area contributed by atoms with E-state index >= 15 is 0 Å². The molecule has 28 heavy (non-hydrogen) atoms. The second-order valence-electron chi connectivity index (χ2n) is 6.82. The van der Waals surface area contributed by atoms with Gasteiger partial charge in [-0.2, -0.15) is 0 Å². The van der Waals surface area contributed by atoms with Gasteiger partial charge in [-0.3, -0.25) is 9.59 Å². The minimum atomic E-state index is -0.353. The summed E-state index contributed by atoms with van der Waals surface area (Å²) in [6.45, 7) is 4.52. The predicted octanol–water partition coefficient (Wildman–Crippen LogP) is 3.32. The second-order valence-corrected chi connectivity index (χ2v) is 6.82. The molecule has 3 aromatic rings. The third-order valence-electron chi connectivity index (χ3n) is 4.30. The van der Waals surface area contributed by atoms with E-state index in [0.717, 1.165) is 0 Å². The Morgan fingerprint density at radius 3 is 2.39 bits per heavy atom. The Balaban J connectivity index is 2.22. The lowest BCUT2D eigenvalue weighted by Gasteiger charge is -2.16. The van der Waals surface area contributed by atoms with E-state index in [-0.39, 0.29) is 17.4 Å². The number of methoxy groups -OCH3 is 2. The smallest absolute Gasteiger partial charge is 0.258 e. The maximum absolute atomic E-state index is 13.0. The number of carbonyl (C=O) groups excluding carboxylic acids is 1. The summed E-state index contributed by atoms with van der Waals surface area (Å²) in [4.78, 5) is 30.1. The summed E-state index contributed by atoms with van der Waals surface area (Å²) < 4.78 is 12.2. The molecule has 146 valence electrons. The van der Waals surface area contributed by atoms with Gasteiger partial charge >= 0.3 is 0 Å². The topological polar surface area (TPSA) is 82.5 Å². The molecule has 0 aliphatic heterocycles. The van der Waals surface area contributed by atoms with Crippen LogP contribution in [-0.2, 0) is 6.54 Å². The number of rotatable bonds is 6. The van der Waals surface area contributed by atoms with Gasteiger partial charge in [0.25, 0.3) is 11.5 Å². The summed E-state index contributed by atoms with van der Waals surface area (Å²) in [7, 11) is 3.02. The molecule has 1 N–H and O–H groups in total. The molecule has 0 unspecified atom stereocenters. The molecule has 2 aromatic heterocycles. The van der Waals surface area contributed by atoms with Crippen molar-refractivity contribution in [3.8, 4) is 11.5 Å². The molecule has 0 radical (unpaired) electrons. The maximum atomic E-state index is 13.0. The van der Waals surface area contributed by atoms with Gasteiger partial charge < -0.3 is 19.4 Å². The highest BCUT2D eigenvalue weighted by molar-refractivity contribution is 6.12. The fourth-order valence-corrected chi connectivity index (χ4v) is 3.05. The van der Waals surface area contributed by atoms with E-state index in [1.165, 1.54) is 14.2 Å². The van der Waals surface area contributed by atoms with Gasteiger partial charge in [0, 0.05) is 24.3 Å². The zero-order valence-electron chi connectivity index (χ0n) is 16.4. The number of carbonyl (C=O) groups is 1. The molecule has 0 aliphatic carbocycles. The lowest BCUT2D eigenvalue weighted by atomic mass is 10.0. The van der Waals surface area contributed by atoms with Crippen molar-refractivity contribution >= 4 is 22.5 Å². The summed E-state index contributed by atoms with van der Waals surface area (Å²) in [6, 6.07) is 8.53. The third kappa shape index (κ3) is 3.83. The molecular formula is C21H23N3O4. The van der Waals surface area contributed by atoms with Crippen molar-refractivity contribution in [1.82, 2.24) is 9.55 Å². The van der Waals surface area contributed by atoms with Crippen molar-refractivity contribution < 1.29 is 14.3 Å². The number of hydrogen-bond acceptors (Lipinski definition) is 5. The number of anilines is 1. The first-order chi connectivity index (χ1) is 13.4. The number of nitrogens with zero attached hydrogens (tertiary/aromatic N) is 2. The number of hydrogen-bond donors (Lipinski definition) is 1. The second kappa shape index (κ2) is 8.12. The van der Waals surface area contributed by atoms with Crippen LogP contribution in [0.3, 0.4) is 0 Å². The van der Waals surface area contributed by atoms with Gasteiger partial charge in [0.2, 0.25) is 0 Å². The molecule has 0 bridgehead atoms. The van der Waals surface area contributed by atoms with Crippen molar-refractivity contribution in [1.29, 1.82) is 0 Å². The van der Waals surface area contributed by atoms with Crippen LogP contribution >= 0.6 is 0 Å². The number of amides is 1. The minimum absolute atomic E-state index is 0.181. The standard InChI is InChI=1S/C21H23N3O4/c1-13(2)11-24-12-16(20(25)23-19-7-5-6-8-22-19)14-9-17(27-3)18(28-4)10-15(14)21(24)26/h5-10,12-13H,11H2,1-4H3,(H,22,23,25). The molecule has 0 saturated carbocycles. The van der Waals surface area contributed by atoms with Crippen molar-refractivity contribution in [2.45, 2.75) is 20.4 Å². The van der Waals surface area contributed by atoms with E-state index in [2.05, 4.69) is 10.3 Å². The number of nitrogens with one attached hydrogen (secondary N) is 1. The van der Waals surface area contributed by atoms with Gasteiger partial charge in [-0.15, -0.1) is 0 Å². The van der Waals surface area contributed by atoms with Crippen LogP contribution in [0.1, 0.15) is 24.2 Å². The Morgan fingerprint density at radius 1 is 1.14 bits per heavy atom. The van der Waals surface area contributed by atoms with Gasteiger partial charge in [-0.25, -0.2) is 4.98 Å². The van der Waals surface area contributed by atoms with Crippen LogP contribution in [0.5, 0.6) is 11.5 Å². The number of aromatic nitrogens is 2. The van der Waals surface area contributed by atoms with E-state index in [0.29, 0.717) is 40.2 Å². The first-order valence-electron chi connectivity index (χ1n) is 8.96. The van der Waals surface area contributed by atoms with E-state index < -0.39 is 0 Å². The average Bonchev–Trinajstić information content (AvgIpc) is 2.69. The van der Waals surface area contributed by atoms with Crippen LogP contribution in [-0.4, -0.2) is 29.7 Å². The van der Waals surface area contributed by atoms with Crippen molar-refractivity contribution in [3.63, 3.8) is 0 Å². The molecule has 1 amide bonds. The molecule has 0 aliphatic rings. The zero-order valence-corrected chi connectivity index (χ0v) is 16.4. The van der Waals surface area contributed by atoms with E-state index in [4.69, 9.17) is 9.47 Å². The number of fused-ring (bicyclic) bond motifs is 1. The molecule has 7 nitrogen and oxygen atoms in total. The molecule has 7 heteroatoms. The average molecular weight is 381 g/mol. The summed E-state index contributed by atoms with van der Waals surface area (Å²) in [5.74, 6) is 1.20. The van der Waals surface area contributed by atoms with Crippen molar-refractivity contribution in [2.75, 3.05) is 19.5 Å². The molecule has 0 atom stereocenters. The number of ether oxygens (including phenoxy) is 2. The first kappa shape index (κ1) is 19.4. The van der Waals surface area contributed by atoms with Crippen LogP contribution in [0.2, 0.25) is 0 Å². The highest BCUT2D eigenvalue weighted by Gasteiger charge is 2.19. The Labute approximate surface area is 162 Å². The van der Waals surface area contributed by atoms with Gasteiger partial charge in [0.05, 0.1) is 25.2 Å². The Hall–Kier alpha value is -3.35. The largest absolute Gasteiger partial charge is 0.493 e. The fraction of sp³-hybridized carbons (Fsp3) is 0.286. The van der Waals surface area contributed by atoms with Crippen molar-refractivity contribution in [3.05, 3.63) is 58.6 Å². The Bertz CT molecular complexity index is 1060. The minimum Gasteiger partial charge on any atom is -0.493 e. The highest BCUT2D eigenvalue weighted by atomic mass is 16.5. The Kier molecular flexibility index (Phi) is 5.63. The summed E-state index contributed by atoms with van der Waals surface area (Å²) in [5.41, 5.74) is 0.181. The van der Waals surface area contributed by atoms with Gasteiger partial charge in [0.1, 0.15) is 5.82 Å². The molecule has 3 rings (SSSR count). The summed E-state index contributed by atoms with van der Waals surface area (Å²) >= 11 is 0. The summed E-state index contributed by atoms with van der Waals surface area (Å²) in [5, 5.41) is 3.67. The van der Waals surface area contributed by atoms with Crippen LogP contribution < -0.4 is 20.3 Å². The summed E-state index contributed by atoms with van der Waals surface area (Å²) in [6.07, 6.45) is 3.19. The van der Waals surface area contributed by atoms with Crippen LogP contribution in [0, 0.1) is 5.92 Å². The highest BCUT2D eigenvalue weighted by Crippen LogP contribution is 2.32. The number of benzene rings is 1. The lowest BCUT2D eigenvalue weighted by Crippen LogP contribution is -2.25. The molecule has 0 fully saturated rings. The van der Waals surface area contributed by atoms with E-state index in [1.807, 2.05) is 13.8 Å². The zero-order chi connectivity index (χ0) is 20.3. The normalized spacial score (nSPS) is 10.9. The van der Waals surface area contributed by atoms with Crippen molar-refractivity contribution in [2.24, 2.45) is 5.92 Å². The number of pyridine rings is 2. The molecule has 2 heterocycles. The van der Waals surface area contributed by atoms with Gasteiger partial charge in [0.15, 0.2) is 11.5 Å². The predicted molar refractivity (Wildman–Crippen MR) is 108 cm³/mol. The fourth-order valence-electron chi connectivity index (χ4n) is 3.05. The lowest BCUT2D eigenvalue weighted by molar-refractivity contribution is 0.102. The van der Waals surface area contributed by atoms with Crippen LogP contribution in [0.4, 0.5) is 5.82 Å². The quantitative estimate of drug-likeness (QED) is 0.708. The first-order valence-corrected chi connectivity index (χ1v) is 8.96. The third-order valence-corrected chi connectivity index (χ3v) is 4.30. The van der Waals surface area contributed by atoms with Gasteiger partial charge in [-0.05, 0) is 30.2 Å². The maximum Gasteiger partial charge on any atom is 0.258 e. The molecule has 0 spiro atoms. The van der Waals surface area contributed by atoms with E-state index in [1.54, 1.807) is 47.3 Å². The Morgan fingerprint density at radius 2 is 1.82 bits per heavy atom. The van der Waals surface area contributed by atoms with Crippen LogP contribution in [0.25, 0.3) is 10.8 Å². The molecule has 1 aromatic carbocycles. The molecule has 0 saturated heterocycles. The van der Waals surface area contributed by atoms with E-state index in [9.17, 15) is 9.59 Å². The SMILES string of the molecule is COc1cc2c(C(=O)Nc3ccccn3)cn(CC(C)C)c(=O)c2cc1OC. The molecular weight excluding hydrogens is 358 g/mol.